The van der Waals surface area contributed by atoms with Crippen molar-refractivity contribution < 1.29 is 4.79 Å². The van der Waals surface area contributed by atoms with Gasteiger partial charge in [0.05, 0.1) is 5.69 Å². The predicted molar refractivity (Wildman–Crippen MR) is 99.8 cm³/mol. The van der Waals surface area contributed by atoms with Crippen LogP contribution in [0.5, 0.6) is 0 Å². The summed E-state index contributed by atoms with van der Waals surface area (Å²) in [4.78, 5) is 12.4. The van der Waals surface area contributed by atoms with Crippen molar-refractivity contribution in [2.75, 3.05) is 0 Å². The summed E-state index contributed by atoms with van der Waals surface area (Å²) in [5.41, 5.74) is 2.09. The van der Waals surface area contributed by atoms with Crippen LogP contribution in [0.1, 0.15) is 37.7 Å². The van der Waals surface area contributed by atoms with Gasteiger partial charge < -0.3 is 10.6 Å². The van der Waals surface area contributed by atoms with Crippen LogP contribution < -0.4 is 10.6 Å². The van der Waals surface area contributed by atoms with Crippen LogP contribution in [0.25, 0.3) is 5.69 Å². The van der Waals surface area contributed by atoms with Gasteiger partial charge in [-0.2, -0.15) is 5.10 Å². The minimum absolute atomic E-state index is 0.0263. The molecule has 3 aliphatic rings. The largest absolute Gasteiger partial charge is 0.335 e. The summed E-state index contributed by atoms with van der Waals surface area (Å²) in [7, 11) is 0. The van der Waals surface area contributed by atoms with Gasteiger partial charge in [0, 0.05) is 25.0 Å². The van der Waals surface area contributed by atoms with E-state index in [2.05, 4.69) is 21.8 Å². The Bertz CT molecular complexity index is 787. The monoisotopic (exact) mass is 350 g/mol. The summed E-state index contributed by atoms with van der Waals surface area (Å²) in [5.74, 6) is 3.43. The van der Waals surface area contributed by atoms with Crippen LogP contribution >= 0.6 is 0 Å². The predicted octanol–water partition coefficient (Wildman–Crippen LogP) is 3.50. The third-order valence-electron chi connectivity index (χ3n) is 6.88. The molecule has 5 unspecified atom stereocenters. The number of nitrogens with zero attached hydrogens (tertiary/aromatic N) is 2. The normalized spacial score (nSPS) is 31.8. The fourth-order valence-electron chi connectivity index (χ4n) is 5.87. The van der Waals surface area contributed by atoms with E-state index in [1.165, 1.54) is 32.1 Å². The molecule has 3 aliphatic carbocycles. The molecule has 0 saturated heterocycles. The summed E-state index contributed by atoms with van der Waals surface area (Å²) in [6.07, 6.45) is 10.4. The van der Waals surface area contributed by atoms with Gasteiger partial charge in [0.25, 0.3) is 0 Å². The zero-order chi connectivity index (χ0) is 17.5. The molecule has 3 saturated carbocycles. The first-order valence-electron chi connectivity index (χ1n) is 9.91. The quantitative estimate of drug-likeness (QED) is 0.887. The maximum atomic E-state index is 12.4. The second-order valence-electron chi connectivity index (χ2n) is 8.21. The summed E-state index contributed by atoms with van der Waals surface area (Å²) in [5, 5.41) is 10.6. The molecule has 0 aliphatic heterocycles. The highest BCUT2D eigenvalue weighted by Crippen LogP contribution is 2.58. The molecular formula is C21H26N4O. The van der Waals surface area contributed by atoms with Gasteiger partial charge >= 0.3 is 6.03 Å². The van der Waals surface area contributed by atoms with Crippen LogP contribution in [-0.4, -0.2) is 21.9 Å². The summed E-state index contributed by atoms with van der Waals surface area (Å²) in [6.45, 7) is 0.536. The molecule has 0 spiro atoms. The first-order valence-corrected chi connectivity index (χ1v) is 9.91. The maximum absolute atomic E-state index is 12.4. The number of hydrogen-bond donors (Lipinski definition) is 2. The molecule has 1 aromatic carbocycles. The minimum Gasteiger partial charge on any atom is -0.335 e. The molecule has 2 bridgehead atoms. The first kappa shape index (κ1) is 15.9. The molecule has 136 valence electrons. The Labute approximate surface area is 154 Å². The molecule has 0 radical (unpaired) electrons. The van der Waals surface area contributed by atoms with Crippen molar-refractivity contribution in [3.8, 4) is 5.69 Å². The van der Waals surface area contributed by atoms with Gasteiger partial charge in [-0.05, 0) is 73.1 Å². The van der Waals surface area contributed by atoms with Crippen LogP contribution in [0.3, 0.4) is 0 Å². The van der Waals surface area contributed by atoms with Crippen molar-refractivity contribution >= 4 is 6.03 Å². The summed E-state index contributed by atoms with van der Waals surface area (Å²) < 4.78 is 1.83. The number of carbonyl (C=O) groups excluding carboxylic acids is 1. The maximum Gasteiger partial charge on any atom is 0.315 e. The molecule has 2 N–H and O–H groups in total. The van der Waals surface area contributed by atoms with Crippen molar-refractivity contribution in [3.63, 3.8) is 0 Å². The van der Waals surface area contributed by atoms with Crippen LogP contribution in [0.4, 0.5) is 4.79 Å². The van der Waals surface area contributed by atoms with Crippen LogP contribution in [-0.2, 0) is 6.54 Å². The standard InChI is InChI=1S/C21H26N4O/c26-21(24-20-12-15-11-19(20)18-7-2-6-17(15)18)22-13-14-4-1-5-16(10-14)25-9-3-8-23-25/h1,3-5,8-10,15,17-20H,2,6-7,11-13H2,(H2,22,24,26). The lowest BCUT2D eigenvalue weighted by Crippen LogP contribution is -2.46. The van der Waals surface area contributed by atoms with Crippen LogP contribution in [0.2, 0.25) is 0 Å². The number of aromatic nitrogens is 2. The number of nitrogens with one attached hydrogen (secondary N) is 2. The number of rotatable bonds is 4. The molecule has 2 amide bonds. The third-order valence-corrected chi connectivity index (χ3v) is 6.88. The zero-order valence-electron chi connectivity index (χ0n) is 15.0. The van der Waals surface area contributed by atoms with E-state index in [0.717, 1.165) is 34.9 Å². The third kappa shape index (κ3) is 2.79. The van der Waals surface area contributed by atoms with Crippen molar-refractivity contribution in [2.24, 2.45) is 23.7 Å². The smallest absolute Gasteiger partial charge is 0.315 e. The lowest BCUT2D eigenvalue weighted by molar-refractivity contribution is 0.197. The van der Waals surface area contributed by atoms with E-state index in [1.54, 1.807) is 6.20 Å². The molecule has 5 nitrogen and oxygen atoms in total. The van der Waals surface area contributed by atoms with E-state index in [1.807, 2.05) is 35.1 Å². The molecule has 2 aromatic rings. The molecule has 3 fully saturated rings. The SMILES string of the molecule is O=C(NCc1cccc(-n2cccn2)c1)NC1CC2CC1C1CCCC21. The van der Waals surface area contributed by atoms with Gasteiger partial charge in [-0.1, -0.05) is 18.6 Å². The molecule has 1 aromatic heterocycles. The van der Waals surface area contributed by atoms with Gasteiger partial charge in [-0.25, -0.2) is 9.48 Å². The Kier molecular flexibility index (Phi) is 3.95. The molecular weight excluding hydrogens is 324 g/mol. The van der Waals surface area contributed by atoms with Crippen molar-refractivity contribution in [3.05, 3.63) is 48.3 Å². The van der Waals surface area contributed by atoms with E-state index in [4.69, 9.17) is 0 Å². The average Bonchev–Trinajstić information content (AvgIpc) is 3.42. The minimum atomic E-state index is -0.0263. The van der Waals surface area contributed by atoms with Crippen LogP contribution in [0, 0.1) is 23.7 Å². The molecule has 5 atom stereocenters. The fourth-order valence-corrected chi connectivity index (χ4v) is 5.87. The number of fused-ring (bicyclic) bond motifs is 5. The highest BCUT2D eigenvalue weighted by atomic mass is 16.2. The molecule has 5 rings (SSSR count). The lowest BCUT2D eigenvalue weighted by atomic mass is 9.79. The van der Waals surface area contributed by atoms with Crippen molar-refractivity contribution in [2.45, 2.75) is 44.7 Å². The topological polar surface area (TPSA) is 59.0 Å². The van der Waals surface area contributed by atoms with Gasteiger partial charge in [0.15, 0.2) is 0 Å². The molecule has 1 heterocycles. The average molecular weight is 350 g/mol. The highest BCUT2D eigenvalue weighted by molar-refractivity contribution is 5.74. The Morgan fingerprint density at radius 2 is 2.08 bits per heavy atom. The Balaban J connectivity index is 1.17. The Morgan fingerprint density at radius 3 is 2.96 bits per heavy atom. The summed E-state index contributed by atoms with van der Waals surface area (Å²) >= 11 is 0. The van der Waals surface area contributed by atoms with E-state index < -0.39 is 0 Å². The van der Waals surface area contributed by atoms with E-state index >= 15 is 0 Å². The van der Waals surface area contributed by atoms with Gasteiger partial charge in [-0.15, -0.1) is 0 Å². The van der Waals surface area contributed by atoms with Gasteiger partial charge in [-0.3, -0.25) is 0 Å². The Morgan fingerprint density at radius 1 is 1.15 bits per heavy atom. The van der Waals surface area contributed by atoms with E-state index in [9.17, 15) is 4.79 Å². The second-order valence-corrected chi connectivity index (χ2v) is 8.21. The summed E-state index contributed by atoms with van der Waals surface area (Å²) in [6, 6.07) is 10.4. The van der Waals surface area contributed by atoms with Crippen LogP contribution in [0.15, 0.2) is 42.7 Å². The zero-order valence-corrected chi connectivity index (χ0v) is 15.0. The second kappa shape index (κ2) is 6.45. The lowest BCUT2D eigenvalue weighted by Gasteiger charge is -2.32. The van der Waals surface area contributed by atoms with E-state index in [-0.39, 0.29) is 6.03 Å². The van der Waals surface area contributed by atoms with Gasteiger partial charge in [0.1, 0.15) is 0 Å². The number of amides is 2. The van der Waals surface area contributed by atoms with E-state index in [0.29, 0.717) is 12.6 Å². The number of carbonyl (C=O) groups is 1. The highest BCUT2D eigenvalue weighted by Gasteiger charge is 2.53. The van der Waals surface area contributed by atoms with Crippen molar-refractivity contribution in [1.29, 1.82) is 0 Å². The first-order chi connectivity index (χ1) is 12.8. The Hall–Kier alpha value is -2.30. The molecule has 26 heavy (non-hydrogen) atoms. The fraction of sp³-hybridized carbons (Fsp3) is 0.524. The van der Waals surface area contributed by atoms with Gasteiger partial charge in [0.2, 0.25) is 0 Å². The number of benzene rings is 1. The number of hydrogen-bond acceptors (Lipinski definition) is 2. The number of urea groups is 1. The van der Waals surface area contributed by atoms with Crippen molar-refractivity contribution in [1.82, 2.24) is 20.4 Å². The molecule has 5 heteroatoms.